The Bertz CT molecular complexity index is 784. The number of anilines is 2. The first kappa shape index (κ1) is 16.1. The predicted molar refractivity (Wildman–Crippen MR) is 90.3 cm³/mol. The molecule has 2 aromatic rings. The molecule has 0 saturated carbocycles. The molecule has 3 N–H and O–H groups in total. The summed E-state index contributed by atoms with van der Waals surface area (Å²) >= 11 is 9.33. The Balaban J connectivity index is 2.46. The third kappa shape index (κ3) is 3.33. The monoisotopic (exact) mass is 388 g/mol. The van der Waals surface area contributed by atoms with Gasteiger partial charge in [-0.2, -0.15) is 0 Å². The number of aryl methyl sites for hydroxylation is 2. The fraction of sp³-hybridized carbons (Fsp3) is 0.143. The zero-order valence-corrected chi connectivity index (χ0v) is 14.6. The third-order valence-electron chi connectivity index (χ3n) is 3.00. The van der Waals surface area contributed by atoms with Crippen molar-refractivity contribution >= 4 is 48.9 Å². The van der Waals surface area contributed by atoms with Gasteiger partial charge in [0, 0.05) is 4.47 Å². The number of nitrogens with one attached hydrogen (secondary N) is 1. The summed E-state index contributed by atoms with van der Waals surface area (Å²) in [6.07, 6.45) is 0. The van der Waals surface area contributed by atoms with Gasteiger partial charge in [-0.1, -0.05) is 23.7 Å². The highest BCUT2D eigenvalue weighted by molar-refractivity contribution is 9.10. The summed E-state index contributed by atoms with van der Waals surface area (Å²) in [6, 6.07) is 8.18. The molecular formula is C14H14BrClN2O2S. The number of hydrogen-bond acceptors (Lipinski definition) is 3. The van der Waals surface area contributed by atoms with Crippen molar-refractivity contribution < 1.29 is 8.42 Å². The van der Waals surface area contributed by atoms with Crippen molar-refractivity contribution in [3.8, 4) is 0 Å². The van der Waals surface area contributed by atoms with Gasteiger partial charge in [-0.25, -0.2) is 8.42 Å². The molecule has 0 aliphatic rings. The molecular weight excluding hydrogens is 376 g/mol. The van der Waals surface area contributed by atoms with Crippen LogP contribution in [-0.2, 0) is 10.0 Å². The van der Waals surface area contributed by atoms with Crippen LogP contribution in [0.5, 0.6) is 0 Å². The molecule has 0 bridgehead atoms. The Morgan fingerprint density at radius 2 is 1.86 bits per heavy atom. The van der Waals surface area contributed by atoms with E-state index in [-0.39, 0.29) is 10.6 Å². The van der Waals surface area contributed by atoms with E-state index in [4.69, 9.17) is 17.3 Å². The van der Waals surface area contributed by atoms with Crippen molar-refractivity contribution in [2.75, 3.05) is 10.5 Å². The van der Waals surface area contributed by atoms with Crippen LogP contribution in [0.25, 0.3) is 0 Å². The van der Waals surface area contributed by atoms with Gasteiger partial charge in [0.2, 0.25) is 0 Å². The minimum atomic E-state index is -3.73. The van der Waals surface area contributed by atoms with E-state index >= 15 is 0 Å². The number of halogens is 2. The standard InChI is InChI=1S/C14H14BrClN2O2S/c1-8-4-3-5-12(13(8)15)18-21(19,20)10-6-9(2)14(16)11(17)7-10/h3-7,18H,17H2,1-2H3. The molecule has 0 atom stereocenters. The minimum Gasteiger partial charge on any atom is -0.397 e. The molecule has 2 rings (SSSR count). The number of hydrogen-bond donors (Lipinski definition) is 2. The van der Waals surface area contributed by atoms with Crippen LogP contribution in [0.1, 0.15) is 11.1 Å². The van der Waals surface area contributed by atoms with E-state index in [1.54, 1.807) is 19.1 Å². The fourth-order valence-electron chi connectivity index (χ4n) is 1.85. The number of rotatable bonds is 3. The molecule has 0 heterocycles. The largest absolute Gasteiger partial charge is 0.397 e. The average Bonchev–Trinajstić information content (AvgIpc) is 2.40. The van der Waals surface area contributed by atoms with Gasteiger partial charge in [0.25, 0.3) is 10.0 Å². The smallest absolute Gasteiger partial charge is 0.262 e. The molecule has 112 valence electrons. The topological polar surface area (TPSA) is 72.2 Å². The van der Waals surface area contributed by atoms with Crippen LogP contribution < -0.4 is 10.5 Å². The summed E-state index contributed by atoms with van der Waals surface area (Å²) in [5, 5.41) is 0.366. The summed E-state index contributed by atoms with van der Waals surface area (Å²) < 4.78 is 28.1. The number of nitrogen functional groups attached to an aromatic ring is 1. The van der Waals surface area contributed by atoms with Crippen LogP contribution in [0.4, 0.5) is 11.4 Å². The normalized spacial score (nSPS) is 11.4. The molecule has 0 amide bonds. The van der Waals surface area contributed by atoms with E-state index in [9.17, 15) is 8.42 Å². The van der Waals surface area contributed by atoms with Crippen molar-refractivity contribution in [2.45, 2.75) is 18.7 Å². The summed E-state index contributed by atoms with van der Waals surface area (Å²) in [4.78, 5) is 0.0790. The summed E-state index contributed by atoms with van der Waals surface area (Å²) in [5.41, 5.74) is 7.99. The summed E-state index contributed by atoms with van der Waals surface area (Å²) in [5.74, 6) is 0. The van der Waals surface area contributed by atoms with Crippen LogP contribution in [0.3, 0.4) is 0 Å². The number of nitrogens with two attached hydrogens (primary N) is 1. The van der Waals surface area contributed by atoms with Gasteiger partial charge in [0.1, 0.15) is 0 Å². The lowest BCUT2D eigenvalue weighted by atomic mass is 10.2. The second-order valence-electron chi connectivity index (χ2n) is 4.69. The Morgan fingerprint density at radius 1 is 1.19 bits per heavy atom. The molecule has 0 aliphatic carbocycles. The van der Waals surface area contributed by atoms with Crippen LogP contribution in [-0.4, -0.2) is 8.42 Å². The van der Waals surface area contributed by atoms with Gasteiger partial charge in [-0.15, -0.1) is 0 Å². The Kier molecular flexibility index (Phi) is 4.51. The van der Waals surface area contributed by atoms with Crippen molar-refractivity contribution in [3.05, 3.63) is 51.0 Å². The van der Waals surface area contributed by atoms with E-state index in [1.807, 2.05) is 13.0 Å². The Labute approximate surface area is 137 Å². The maximum absolute atomic E-state index is 12.5. The van der Waals surface area contributed by atoms with Crippen LogP contribution >= 0.6 is 27.5 Å². The molecule has 21 heavy (non-hydrogen) atoms. The molecule has 0 spiro atoms. The quantitative estimate of drug-likeness (QED) is 0.776. The predicted octanol–water partition coefficient (Wildman–Crippen LogP) is 4.10. The van der Waals surface area contributed by atoms with E-state index < -0.39 is 10.0 Å². The third-order valence-corrected chi connectivity index (χ3v) is 5.92. The highest BCUT2D eigenvalue weighted by Crippen LogP contribution is 2.30. The van der Waals surface area contributed by atoms with Gasteiger partial charge in [-0.3, -0.25) is 4.72 Å². The highest BCUT2D eigenvalue weighted by Gasteiger charge is 2.18. The molecule has 0 fully saturated rings. The van der Waals surface area contributed by atoms with Crippen LogP contribution in [0.15, 0.2) is 39.7 Å². The SMILES string of the molecule is Cc1cc(S(=O)(=O)Nc2cccc(C)c2Br)cc(N)c1Cl. The van der Waals surface area contributed by atoms with Gasteiger partial charge in [-0.05, 0) is 59.1 Å². The zero-order valence-electron chi connectivity index (χ0n) is 11.4. The molecule has 7 heteroatoms. The first-order chi connectivity index (χ1) is 9.72. The van der Waals surface area contributed by atoms with Crippen molar-refractivity contribution in [3.63, 3.8) is 0 Å². The first-order valence-corrected chi connectivity index (χ1v) is 8.71. The van der Waals surface area contributed by atoms with Crippen LogP contribution in [0.2, 0.25) is 5.02 Å². The molecule has 0 aliphatic heterocycles. The highest BCUT2D eigenvalue weighted by atomic mass is 79.9. The van der Waals surface area contributed by atoms with Gasteiger partial charge in [0.15, 0.2) is 0 Å². The van der Waals surface area contributed by atoms with Crippen molar-refractivity contribution in [1.29, 1.82) is 0 Å². The molecule has 2 aromatic carbocycles. The first-order valence-electron chi connectivity index (χ1n) is 6.06. The second-order valence-corrected chi connectivity index (χ2v) is 7.54. The van der Waals surface area contributed by atoms with E-state index in [2.05, 4.69) is 20.7 Å². The molecule has 0 radical (unpaired) electrons. The average molecular weight is 390 g/mol. The number of benzene rings is 2. The lowest BCUT2D eigenvalue weighted by molar-refractivity contribution is 0.601. The van der Waals surface area contributed by atoms with Gasteiger partial charge >= 0.3 is 0 Å². The van der Waals surface area contributed by atoms with E-state index in [1.165, 1.54) is 12.1 Å². The summed E-state index contributed by atoms with van der Waals surface area (Å²) in [7, 11) is -3.73. The fourth-order valence-corrected chi connectivity index (χ4v) is 3.64. The minimum absolute atomic E-state index is 0.0790. The molecule has 4 nitrogen and oxygen atoms in total. The van der Waals surface area contributed by atoms with Gasteiger partial charge < -0.3 is 5.73 Å². The maximum Gasteiger partial charge on any atom is 0.262 e. The molecule has 0 unspecified atom stereocenters. The molecule has 0 saturated heterocycles. The lowest BCUT2D eigenvalue weighted by Gasteiger charge is -2.13. The Hall–Kier alpha value is -1.24. The van der Waals surface area contributed by atoms with Crippen molar-refractivity contribution in [1.82, 2.24) is 0 Å². The second kappa shape index (κ2) is 5.87. The number of sulfonamides is 1. The summed E-state index contributed by atoms with van der Waals surface area (Å²) in [6.45, 7) is 3.59. The molecule has 0 aromatic heterocycles. The van der Waals surface area contributed by atoms with Gasteiger partial charge in [0.05, 0.1) is 21.3 Å². The Morgan fingerprint density at radius 3 is 2.48 bits per heavy atom. The zero-order chi connectivity index (χ0) is 15.8. The maximum atomic E-state index is 12.5. The van der Waals surface area contributed by atoms with Crippen molar-refractivity contribution in [2.24, 2.45) is 0 Å². The lowest BCUT2D eigenvalue weighted by Crippen LogP contribution is -2.14. The van der Waals surface area contributed by atoms with Crippen LogP contribution in [0, 0.1) is 13.8 Å². The van der Waals surface area contributed by atoms with E-state index in [0.717, 1.165) is 5.56 Å². The van der Waals surface area contributed by atoms with E-state index in [0.29, 0.717) is 20.7 Å².